The van der Waals surface area contributed by atoms with Crippen LogP contribution in [-0.2, 0) is 9.84 Å². The second-order valence-electron chi connectivity index (χ2n) is 4.95. The number of fused-ring (bicyclic) bond motifs is 2. The van der Waals surface area contributed by atoms with Gasteiger partial charge in [-0.05, 0) is 6.07 Å². The highest BCUT2D eigenvalue weighted by atomic mass is 32.2. The minimum Gasteiger partial charge on any atom is -0.289 e. The molecule has 5 heteroatoms. The van der Waals surface area contributed by atoms with Crippen molar-refractivity contribution in [2.24, 2.45) is 0 Å². The molecule has 2 aromatic rings. The maximum Gasteiger partial charge on any atom is 0.195 e. The van der Waals surface area contributed by atoms with Crippen molar-refractivity contribution in [1.82, 2.24) is 0 Å². The molecule has 1 aliphatic rings. The van der Waals surface area contributed by atoms with Crippen LogP contribution in [0.25, 0.3) is 0 Å². The van der Waals surface area contributed by atoms with E-state index < -0.39 is 15.6 Å². The molecular weight excluding hydrogens is 300 g/mol. The summed E-state index contributed by atoms with van der Waals surface area (Å²) in [6.07, 6.45) is 1.26. The summed E-state index contributed by atoms with van der Waals surface area (Å²) in [6.45, 7) is 3.42. The number of rotatable bonds is 3. The summed E-state index contributed by atoms with van der Waals surface area (Å²) in [5, 5.41) is 0. The molecule has 0 unspecified atom stereocenters. The molecule has 0 N–H and O–H groups in total. The lowest BCUT2D eigenvalue weighted by Gasteiger charge is -2.19. The van der Waals surface area contributed by atoms with Crippen LogP contribution in [0.2, 0.25) is 0 Å². The Bertz CT molecular complexity index is 923. The lowest BCUT2D eigenvalue weighted by Crippen LogP contribution is -2.24. The summed E-state index contributed by atoms with van der Waals surface area (Å²) in [6, 6.07) is 10.8. The highest BCUT2D eigenvalue weighted by molar-refractivity contribution is 7.91. The summed E-state index contributed by atoms with van der Waals surface area (Å²) >= 11 is 0. The summed E-state index contributed by atoms with van der Waals surface area (Å²) in [7, 11) is -3.70. The van der Waals surface area contributed by atoms with Gasteiger partial charge in [-0.25, -0.2) is 8.42 Å². The van der Waals surface area contributed by atoms with E-state index in [1.54, 1.807) is 18.2 Å². The third-order valence-corrected chi connectivity index (χ3v) is 5.27. The number of hydrogen-bond donors (Lipinski definition) is 0. The fraction of sp³-hybridized carbons (Fsp3) is 0.0588. The summed E-state index contributed by atoms with van der Waals surface area (Å²) in [5.74, 6) is -1.05. The molecule has 0 heterocycles. The number of carbonyl (C=O) groups is 2. The Labute approximate surface area is 128 Å². The van der Waals surface area contributed by atoms with E-state index in [1.165, 1.54) is 30.3 Å². The van der Waals surface area contributed by atoms with Crippen LogP contribution < -0.4 is 0 Å². The molecule has 0 saturated heterocycles. The van der Waals surface area contributed by atoms with Crippen LogP contribution in [-0.4, -0.2) is 25.7 Å². The minimum atomic E-state index is -3.70. The van der Waals surface area contributed by atoms with Gasteiger partial charge in [0.25, 0.3) is 0 Å². The van der Waals surface area contributed by atoms with E-state index in [0.29, 0.717) is 5.56 Å². The number of benzene rings is 2. The third kappa shape index (κ3) is 2.02. The van der Waals surface area contributed by atoms with Crippen LogP contribution in [0.1, 0.15) is 31.8 Å². The average Bonchev–Trinajstić information content (AvgIpc) is 2.52. The van der Waals surface area contributed by atoms with Crippen LogP contribution in [0, 0.1) is 0 Å². The first-order valence-corrected chi connectivity index (χ1v) is 8.27. The van der Waals surface area contributed by atoms with Crippen molar-refractivity contribution in [3.05, 3.63) is 77.4 Å². The van der Waals surface area contributed by atoms with Crippen molar-refractivity contribution in [1.29, 1.82) is 0 Å². The first kappa shape index (κ1) is 14.4. The van der Waals surface area contributed by atoms with Gasteiger partial charge in [0.2, 0.25) is 0 Å². The molecule has 0 saturated carbocycles. The summed E-state index contributed by atoms with van der Waals surface area (Å²) in [5.41, 5.74) is 0.640. The van der Waals surface area contributed by atoms with E-state index in [4.69, 9.17) is 0 Å². The smallest absolute Gasteiger partial charge is 0.195 e. The predicted molar refractivity (Wildman–Crippen MR) is 82.0 cm³/mol. The summed E-state index contributed by atoms with van der Waals surface area (Å²) < 4.78 is 24.7. The Hall–Kier alpha value is -2.53. The lowest BCUT2D eigenvalue weighted by molar-refractivity contribution is 0.0976. The summed E-state index contributed by atoms with van der Waals surface area (Å²) in [4.78, 5) is 25.1. The highest BCUT2D eigenvalue weighted by Crippen LogP contribution is 2.31. The number of hydrogen-bond acceptors (Lipinski definition) is 4. The molecular formula is C17H12O4S. The Morgan fingerprint density at radius 2 is 1.45 bits per heavy atom. The maximum absolute atomic E-state index is 12.7. The molecule has 0 atom stereocenters. The van der Waals surface area contributed by atoms with E-state index in [-0.39, 0.29) is 33.1 Å². The largest absolute Gasteiger partial charge is 0.289 e. The molecule has 0 aliphatic heterocycles. The van der Waals surface area contributed by atoms with Crippen molar-refractivity contribution >= 4 is 21.4 Å². The molecule has 110 valence electrons. The fourth-order valence-corrected chi connectivity index (χ4v) is 3.91. The number of carbonyl (C=O) groups excluding carboxylic acids is 2. The molecule has 0 aromatic heterocycles. The van der Waals surface area contributed by atoms with Crippen LogP contribution in [0.4, 0.5) is 0 Å². The molecule has 0 fully saturated rings. The Morgan fingerprint density at radius 1 is 0.864 bits per heavy atom. The zero-order chi connectivity index (χ0) is 15.9. The van der Waals surface area contributed by atoms with Crippen molar-refractivity contribution in [2.45, 2.75) is 4.90 Å². The molecule has 3 rings (SSSR count). The Balaban J connectivity index is 2.33. The normalized spacial score (nSPS) is 13.5. The van der Waals surface area contributed by atoms with E-state index in [0.717, 1.165) is 0 Å². The SMILES string of the molecule is C=CCS(=O)(=O)c1cccc2c1C(=O)c1ccccc1C2=O. The van der Waals surface area contributed by atoms with Gasteiger partial charge in [0.15, 0.2) is 21.4 Å². The number of ketones is 2. The van der Waals surface area contributed by atoms with Gasteiger partial charge in [-0.2, -0.15) is 0 Å². The molecule has 0 radical (unpaired) electrons. The standard InChI is InChI=1S/C17H12O4S/c1-2-10-22(20,21)14-9-5-8-13-15(14)17(19)12-7-4-3-6-11(12)16(13)18/h2-9H,1,10H2. The highest BCUT2D eigenvalue weighted by Gasteiger charge is 2.34. The Kier molecular flexibility index (Phi) is 3.30. The zero-order valence-corrected chi connectivity index (χ0v) is 12.4. The first-order valence-electron chi connectivity index (χ1n) is 6.62. The Morgan fingerprint density at radius 3 is 2.09 bits per heavy atom. The molecule has 22 heavy (non-hydrogen) atoms. The monoisotopic (exact) mass is 312 g/mol. The van der Waals surface area contributed by atoms with Crippen LogP contribution >= 0.6 is 0 Å². The minimum absolute atomic E-state index is 0.0342. The van der Waals surface area contributed by atoms with Crippen molar-refractivity contribution in [2.75, 3.05) is 5.75 Å². The molecule has 4 nitrogen and oxygen atoms in total. The van der Waals surface area contributed by atoms with Gasteiger partial charge < -0.3 is 0 Å². The first-order chi connectivity index (χ1) is 10.5. The van der Waals surface area contributed by atoms with E-state index >= 15 is 0 Å². The van der Waals surface area contributed by atoms with E-state index in [1.807, 2.05) is 0 Å². The molecule has 0 spiro atoms. The lowest BCUT2D eigenvalue weighted by atomic mass is 9.84. The van der Waals surface area contributed by atoms with Crippen LogP contribution in [0.5, 0.6) is 0 Å². The van der Waals surface area contributed by atoms with Gasteiger partial charge in [-0.15, -0.1) is 6.58 Å². The van der Waals surface area contributed by atoms with Gasteiger partial charge in [0.05, 0.1) is 16.2 Å². The second-order valence-corrected chi connectivity index (χ2v) is 6.96. The van der Waals surface area contributed by atoms with Crippen molar-refractivity contribution in [3.63, 3.8) is 0 Å². The fourth-order valence-electron chi connectivity index (χ4n) is 2.62. The molecule has 2 aromatic carbocycles. The van der Waals surface area contributed by atoms with Gasteiger partial charge in [-0.3, -0.25) is 9.59 Å². The third-order valence-electron chi connectivity index (χ3n) is 3.59. The van der Waals surface area contributed by atoms with Gasteiger partial charge >= 0.3 is 0 Å². The quantitative estimate of drug-likeness (QED) is 0.697. The van der Waals surface area contributed by atoms with Crippen molar-refractivity contribution in [3.8, 4) is 0 Å². The molecule has 0 amide bonds. The van der Waals surface area contributed by atoms with Crippen molar-refractivity contribution < 1.29 is 18.0 Å². The van der Waals surface area contributed by atoms with Gasteiger partial charge in [-0.1, -0.05) is 42.5 Å². The van der Waals surface area contributed by atoms with Crippen LogP contribution in [0.15, 0.2) is 60.0 Å². The van der Waals surface area contributed by atoms with Gasteiger partial charge in [0.1, 0.15) is 0 Å². The average molecular weight is 312 g/mol. The number of sulfone groups is 1. The topological polar surface area (TPSA) is 68.3 Å². The maximum atomic E-state index is 12.7. The molecule has 0 bridgehead atoms. The molecule has 1 aliphatic carbocycles. The van der Waals surface area contributed by atoms with E-state index in [2.05, 4.69) is 6.58 Å². The van der Waals surface area contributed by atoms with E-state index in [9.17, 15) is 18.0 Å². The zero-order valence-electron chi connectivity index (χ0n) is 11.6. The van der Waals surface area contributed by atoms with Gasteiger partial charge in [0, 0.05) is 16.7 Å². The van der Waals surface area contributed by atoms with Crippen LogP contribution in [0.3, 0.4) is 0 Å². The second kappa shape index (κ2) is 5.03. The predicted octanol–water partition coefficient (Wildman–Crippen LogP) is 2.42.